The predicted molar refractivity (Wildman–Crippen MR) is 78.7 cm³/mol. The van der Waals surface area contributed by atoms with Crippen molar-refractivity contribution in [2.75, 3.05) is 0 Å². The Bertz CT molecular complexity index is 684. The quantitative estimate of drug-likeness (QED) is 0.727. The molecule has 20 heavy (non-hydrogen) atoms. The Morgan fingerprint density at radius 2 is 1.85 bits per heavy atom. The molecule has 0 spiro atoms. The smallest absolute Gasteiger partial charge is 0.113 e. The van der Waals surface area contributed by atoms with Gasteiger partial charge in [-0.3, -0.25) is 4.98 Å². The maximum Gasteiger partial charge on any atom is 0.113 e. The molecule has 0 amide bonds. The van der Waals surface area contributed by atoms with Crippen LogP contribution in [0.4, 0.5) is 0 Å². The van der Waals surface area contributed by atoms with Gasteiger partial charge < -0.3 is 0 Å². The number of rotatable bonds is 3. The summed E-state index contributed by atoms with van der Waals surface area (Å²) in [5.74, 6) is 0.537. The highest BCUT2D eigenvalue weighted by Crippen LogP contribution is 2.21. The fraction of sp³-hybridized carbons (Fsp3) is 0.188. The Labute approximate surface area is 118 Å². The van der Waals surface area contributed by atoms with Crippen LogP contribution in [0.2, 0.25) is 0 Å². The maximum atomic E-state index is 4.22. The lowest BCUT2D eigenvalue weighted by atomic mass is 10.0. The lowest BCUT2D eigenvalue weighted by Gasteiger charge is -2.05. The molecule has 3 rings (SSSR count). The maximum absolute atomic E-state index is 4.22. The van der Waals surface area contributed by atoms with Gasteiger partial charge in [0.1, 0.15) is 5.69 Å². The normalized spacial score (nSPS) is 10.9. The fourth-order valence-electron chi connectivity index (χ4n) is 2.05. The average Bonchev–Trinajstić information content (AvgIpc) is 2.98. The van der Waals surface area contributed by atoms with Crippen LogP contribution in [0, 0.1) is 0 Å². The van der Waals surface area contributed by atoms with Crippen molar-refractivity contribution in [3.63, 3.8) is 0 Å². The lowest BCUT2D eigenvalue weighted by Crippen LogP contribution is -1.94. The first-order chi connectivity index (χ1) is 9.74. The van der Waals surface area contributed by atoms with Crippen LogP contribution in [-0.2, 0) is 0 Å². The van der Waals surface area contributed by atoms with Gasteiger partial charge in [-0.25, -0.2) is 4.68 Å². The molecule has 0 bridgehead atoms. The molecular weight excluding hydrogens is 248 g/mol. The minimum Gasteiger partial charge on any atom is -0.262 e. The van der Waals surface area contributed by atoms with Gasteiger partial charge in [0.25, 0.3) is 0 Å². The summed E-state index contributed by atoms with van der Waals surface area (Å²) in [6.45, 7) is 4.38. The molecule has 0 fully saturated rings. The van der Waals surface area contributed by atoms with Crippen LogP contribution in [0.3, 0.4) is 0 Å². The van der Waals surface area contributed by atoms with E-state index >= 15 is 0 Å². The third-order valence-electron chi connectivity index (χ3n) is 3.28. The van der Waals surface area contributed by atoms with Crippen LogP contribution in [0.25, 0.3) is 16.9 Å². The van der Waals surface area contributed by atoms with Gasteiger partial charge in [0, 0.05) is 11.8 Å². The number of pyridine rings is 1. The zero-order valence-electron chi connectivity index (χ0n) is 11.6. The molecule has 100 valence electrons. The zero-order chi connectivity index (χ0) is 13.9. The molecule has 1 aromatic carbocycles. The molecule has 0 aliphatic carbocycles. The molecule has 0 radical (unpaired) electrons. The Hall–Kier alpha value is -2.49. The van der Waals surface area contributed by atoms with E-state index in [1.807, 2.05) is 18.3 Å². The van der Waals surface area contributed by atoms with Crippen molar-refractivity contribution in [3.05, 3.63) is 60.6 Å². The van der Waals surface area contributed by atoms with Crippen molar-refractivity contribution in [2.45, 2.75) is 19.8 Å². The monoisotopic (exact) mass is 264 g/mol. The number of hydrogen-bond acceptors (Lipinski definition) is 3. The van der Waals surface area contributed by atoms with Gasteiger partial charge in [-0.05, 0) is 23.6 Å². The Morgan fingerprint density at radius 1 is 1.05 bits per heavy atom. The van der Waals surface area contributed by atoms with Crippen LogP contribution in [-0.4, -0.2) is 20.0 Å². The minimum absolute atomic E-state index is 0.537. The molecule has 4 nitrogen and oxygen atoms in total. The molecule has 0 unspecified atom stereocenters. The van der Waals surface area contributed by atoms with Crippen molar-refractivity contribution < 1.29 is 0 Å². The number of nitrogens with zero attached hydrogens (tertiary/aromatic N) is 4. The van der Waals surface area contributed by atoms with Crippen LogP contribution >= 0.6 is 0 Å². The zero-order valence-corrected chi connectivity index (χ0v) is 11.6. The predicted octanol–water partition coefficient (Wildman–Crippen LogP) is 3.45. The molecule has 3 aromatic rings. The molecule has 2 heterocycles. The summed E-state index contributed by atoms with van der Waals surface area (Å²) >= 11 is 0. The van der Waals surface area contributed by atoms with Crippen LogP contribution in [0.15, 0.2) is 55.0 Å². The van der Waals surface area contributed by atoms with Crippen LogP contribution in [0.1, 0.15) is 25.3 Å². The summed E-state index contributed by atoms with van der Waals surface area (Å²) in [6.07, 6.45) is 5.42. The fourth-order valence-corrected chi connectivity index (χ4v) is 2.05. The highest BCUT2D eigenvalue weighted by Gasteiger charge is 2.06. The van der Waals surface area contributed by atoms with Gasteiger partial charge in [-0.1, -0.05) is 43.3 Å². The molecule has 0 aliphatic heterocycles. The van der Waals surface area contributed by atoms with E-state index in [1.54, 1.807) is 17.1 Å². The second-order valence-corrected chi connectivity index (χ2v) is 5.04. The molecule has 0 saturated heterocycles. The highest BCUT2D eigenvalue weighted by atomic mass is 15.4. The Balaban J connectivity index is 1.90. The van der Waals surface area contributed by atoms with E-state index in [-0.39, 0.29) is 0 Å². The van der Waals surface area contributed by atoms with E-state index < -0.39 is 0 Å². The summed E-state index contributed by atoms with van der Waals surface area (Å²) in [6, 6.07) is 12.3. The molecule has 0 atom stereocenters. The van der Waals surface area contributed by atoms with Crippen molar-refractivity contribution in [1.29, 1.82) is 0 Å². The molecule has 0 saturated carbocycles. The van der Waals surface area contributed by atoms with Gasteiger partial charge in [0.15, 0.2) is 0 Å². The summed E-state index contributed by atoms with van der Waals surface area (Å²) < 4.78 is 1.73. The number of hydrogen-bond donors (Lipinski definition) is 0. The average molecular weight is 264 g/mol. The molecular formula is C16H16N4. The van der Waals surface area contributed by atoms with E-state index in [0.29, 0.717) is 5.92 Å². The van der Waals surface area contributed by atoms with Gasteiger partial charge in [0.2, 0.25) is 0 Å². The second kappa shape index (κ2) is 5.25. The summed E-state index contributed by atoms with van der Waals surface area (Å²) in [5.41, 5.74) is 4.17. The molecule has 4 heteroatoms. The summed E-state index contributed by atoms with van der Waals surface area (Å²) in [5, 5.41) is 8.37. The Kier molecular flexibility index (Phi) is 3.29. The topological polar surface area (TPSA) is 43.6 Å². The largest absolute Gasteiger partial charge is 0.262 e. The molecule has 0 aliphatic rings. The van der Waals surface area contributed by atoms with Crippen molar-refractivity contribution in [2.24, 2.45) is 0 Å². The Morgan fingerprint density at radius 3 is 2.50 bits per heavy atom. The van der Waals surface area contributed by atoms with Gasteiger partial charge in [0.05, 0.1) is 18.1 Å². The standard InChI is InChI=1S/C16H16N4/c1-12(2)13-5-7-14(8-6-13)16-11-20(19-18-16)15-4-3-9-17-10-15/h3-12H,1-2H3. The van der Waals surface area contributed by atoms with E-state index in [2.05, 4.69) is 53.4 Å². The third kappa shape index (κ3) is 2.45. The molecule has 2 aromatic heterocycles. The van der Waals surface area contributed by atoms with E-state index in [1.165, 1.54) is 5.56 Å². The lowest BCUT2D eigenvalue weighted by molar-refractivity contribution is 0.800. The molecule has 0 N–H and O–H groups in total. The van der Waals surface area contributed by atoms with Crippen molar-refractivity contribution in [1.82, 2.24) is 20.0 Å². The van der Waals surface area contributed by atoms with Crippen LogP contribution < -0.4 is 0 Å². The van der Waals surface area contributed by atoms with E-state index in [4.69, 9.17) is 0 Å². The second-order valence-electron chi connectivity index (χ2n) is 5.04. The van der Waals surface area contributed by atoms with E-state index in [0.717, 1.165) is 16.9 Å². The first kappa shape index (κ1) is 12.5. The third-order valence-corrected chi connectivity index (χ3v) is 3.28. The van der Waals surface area contributed by atoms with E-state index in [9.17, 15) is 0 Å². The van der Waals surface area contributed by atoms with Crippen molar-refractivity contribution >= 4 is 0 Å². The first-order valence-electron chi connectivity index (χ1n) is 6.67. The van der Waals surface area contributed by atoms with Crippen LogP contribution in [0.5, 0.6) is 0 Å². The van der Waals surface area contributed by atoms with Gasteiger partial charge in [-0.2, -0.15) is 0 Å². The summed E-state index contributed by atoms with van der Waals surface area (Å²) in [7, 11) is 0. The van der Waals surface area contributed by atoms with Crippen molar-refractivity contribution in [3.8, 4) is 16.9 Å². The summed E-state index contributed by atoms with van der Waals surface area (Å²) in [4.78, 5) is 4.09. The number of aromatic nitrogens is 4. The number of benzene rings is 1. The SMILES string of the molecule is CC(C)c1ccc(-c2cn(-c3cccnc3)nn2)cc1. The van der Waals surface area contributed by atoms with Gasteiger partial charge >= 0.3 is 0 Å². The minimum atomic E-state index is 0.537. The first-order valence-corrected chi connectivity index (χ1v) is 6.67. The van der Waals surface area contributed by atoms with Gasteiger partial charge in [-0.15, -0.1) is 5.10 Å². The highest BCUT2D eigenvalue weighted by molar-refractivity contribution is 5.58.